The zero-order valence-corrected chi connectivity index (χ0v) is 25.1. The molecule has 4 N–H and O–H groups in total. The minimum atomic E-state index is -2.70. The van der Waals surface area contributed by atoms with Crippen molar-refractivity contribution in [2.45, 2.75) is 59.5 Å². The first kappa shape index (κ1) is 29.7. The van der Waals surface area contributed by atoms with Crippen LogP contribution in [0.4, 0.5) is 0 Å². The van der Waals surface area contributed by atoms with Crippen molar-refractivity contribution in [2.24, 2.45) is 28.6 Å². The molecule has 4 atom stereocenters. The topological polar surface area (TPSA) is 166 Å². The van der Waals surface area contributed by atoms with Crippen molar-refractivity contribution in [1.29, 1.82) is 0 Å². The Kier molecular flexibility index (Phi) is 6.29. The van der Waals surface area contributed by atoms with Crippen LogP contribution in [0.2, 0.25) is 0 Å². The number of benzene rings is 2. The van der Waals surface area contributed by atoms with E-state index >= 15 is 0 Å². The third-order valence-electron chi connectivity index (χ3n) is 10.5. The first-order valence-electron chi connectivity index (χ1n) is 14.7. The fourth-order valence-corrected chi connectivity index (χ4v) is 8.74. The van der Waals surface area contributed by atoms with Crippen LogP contribution in [-0.2, 0) is 22.4 Å². The number of allylic oxidation sites excluding steroid dienone is 2. The lowest BCUT2D eigenvalue weighted by molar-refractivity contribution is -0.171. The molecule has 4 aliphatic rings. The highest BCUT2D eigenvalue weighted by atomic mass is 16.3. The van der Waals surface area contributed by atoms with Crippen molar-refractivity contribution in [3.63, 3.8) is 0 Å². The zero-order chi connectivity index (χ0) is 32.3. The number of carbonyl (C=O) groups is 5. The average Bonchev–Trinajstić information content (AvgIpc) is 3.16. The van der Waals surface area contributed by atoms with E-state index in [0.29, 0.717) is 16.7 Å². The van der Waals surface area contributed by atoms with Crippen molar-refractivity contribution in [3.05, 3.63) is 86.9 Å². The molecule has 4 aliphatic carbocycles. The molecule has 0 heterocycles. The normalized spacial score (nSPS) is 30.0. The molecule has 1 unspecified atom stereocenters. The number of aliphatic hydroxyl groups excluding tert-OH is 2. The molecule has 2 aromatic carbocycles. The predicted molar refractivity (Wildman–Crippen MR) is 158 cm³/mol. The highest BCUT2D eigenvalue weighted by Gasteiger charge is 2.71. The van der Waals surface area contributed by atoms with Crippen molar-refractivity contribution in [3.8, 4) is 5.75 Å². The maximum absolute atomic E-state index is 14.2. The van der Waals surface area contributed by atoms with Gasteiger partial charge in [-0.05, 0) is 43.2 Å². The summed E-state index contributed by atoms with van der Waals surface area (Å²) in [5.41, 5.74) is -5.05. The van der Waals surface area contributed by atoms with Crippen LogP contribution in [-0.4, -0.2) is 54.9 Å². The molecule has 9 nitrogen and oxygen atoms in total. The van der Waals surface area contributed by atoms with Crippen molar-refractivity contribution in [2.75, 3.05) is 0 Å². The monoisotopic (exact) mass is 598 g/mol. The van der Waals surface area contributed by atoms with Crippen LogP contribution in [0.15, 0.2) is 59.1 Å². The molecule has 9 heteroatoms. The second kappa shape index (κ2) is 9.32. The molecule has 0 spiro atoms. The first-order valence-corrected chi connectivity index (χ1v) is 14.7. The molecule has 0 fully saturated rings. The molecule has 0 radical (unpaired) electrons. The number of Topliss-reactive ketones (excluding diaryl/α,β-unsaturated/α-hetero) is 5. The van der Waals surface area contributed by atoms with Crippen LogP contribution in [0, 0.1) is 28.6 Å². The van der Waals surface area contributed by atoms with Gasteiger partial charge in [0.05, 0.1) is 11.5 Å². The molecule has 2 aromatic rings. The number of fused-ring (bicyclic) bond motifs is 4. The summed E-state index contributed by atoms with van der Waals surface area (Å²) in [4.78, 5) is 66.7. The standard InChI is InChI=1S/C35H34O9/c1-15(2)24-29(40)22(16(3)36)31(42)35(44)32(43)25-30(41)23-18(13-33(25,4)14-34(24,35)5)11-10-17(26(23)37)12-21-27(38)19-8-6-7-9-20(19)28(21)39/h6-11,15,21,24,37,40,43-44H,12-14H2,1-5H3/t24?,33-,34-,35+/m1/s1. The van der Waals surface area contributed by atoms with Gasteiger partial charge in [-0.25, -0.2) is 0 Å². The number of phenolic OH excluding ortho intramolecular Hbond substituents is 1. The molecule has 0 saturated carbocycles. The van der Waals surface area contributed by atoms with E-state index in [2.05, 4.69) is 0 Å². The fraction of sp³-hybridized carbons (Fsp3) is 0.400. The van der Waals surface area contributed by atoms with Gasteiger partial charge in [0.15, 0.2) is 28.7 Å². The number of hydrogen-bond acceptors (Lipinski definition) is 9. The Morgan fingerprint density at radius 3 is 2.09 bits per heavy atom. The van der Waals surface area contributed by atoms with Gasteiger partial charge >= 0.3 is 0 Å². The summed E-state index contributed by atoms with van der Waals surface area (Å²) < 4.78 is 0. The second-order valence-electron chi connectivity index (χ2n) is 13.6. The highest BCUT2D eigenvalue weighted by Crippen LogP contribution is 2.65. The van der Waals surface area contributed by atoms with E-state index in [-0.39, 0.29) is 53.4 Å². The van der Waals surface area contributed by atoms with E-state index in [0.717, 1.165) is 6.92 Å². The lowest BCUT2D eigenvalue weighted by Crippen LogP contribution is -2.67. The van der Waals surface area contributed by atoms with Crippen LogP contribution in [0.5, 0.6) is 5.75 Å². The number of aliphatic hydroxyl groups is 3. The predicted octanol–water partition coefficient (Wildman–Crippen LogP) is 4.58. The zero-order valence-electron chi connectivity index (χ0n) is 25.1. The SMILES string of the molecule is CC(=O)C1=C(O)C(C(C)C)[C@@]2(C)C[C@@]3(C)Cc4ccc(CC5C(=O)c6ccccc6C5=O)c(O)c4C(=O)C3=C(O)[C@@]2(O)C1=O. The molecule has 0 bridgehead atoms. The van der Waals surface area contributed by atoms with E-state index in [9.17, 15) is 44.4 Å². The van der Waals surface area contributed by atoms with Crippen molar-refractivity contribution in [1.82, 2.24) is 0 Å². The van der Waals surface area contributed by atoms with Gasteiger partial charge in [0, 0.05) is 33.4 Å². The lowest BCUT2D eigenvalue weighted by atomic mass is 9.44. The second-order valence-corrected chi connectivity index (χ2v) is 13.6. The molecule has 6 rings (SSSR count). The van der Waals surface area contributed by atoms with E-state index in [1.165, 1.54) is 0 Å². The molecular formula is C35H34O9. The summed E-state index contributed by atoms with van der Waals surface area (Å²) in [5, 5.41) is 46.6. The summed E-state index contributed by atoms with van der Waals surface area (Å²) in [5.74, 6) is -7.60. The molecule has 0 amide bonds. The van der Waals surface area contributed by atoms with Crippen molar-refractivity contribution >= 4 is 28.9 Å². The van der Waals surface area contributed by atoms with Gasteiger partial charge in [-0.3, -0.25) is 24.0 Å². The van der Waals surface area contributed by atoms with Crippen LogP contribution in [0.25, 0.3) is 0 Å². The molecule has 0 saturated heterocycles. The number of rotatable bonds is 4. The largest absolute Gasteiger partial charge is 0.511 e. The van der Waals surface area contributed by atoms with Crippen LogP contribution in [0.3, 0.4) is 0 Å². The van der Waals surface area contributed by atoms with Gasteiger partial charge < -0.3 is 20.4 Å². The van der Waals surface area contributed by atoms with E-state index in [1.54, 1.807) is 64.1 Å². The van der Waals surface area contributed by atoms with Gasteiger partial charge in [-0.2, -0.15) is 0 Å². The molecule has 44 heavy (non-hydrogen) atoms. The Morgan fingerprint density at radius 2 is 1.55 bits per heavy atom. The smallest absolute Gasteiger partial charge is 0.209 e. The summed E-state index contributed by atoms with van der Waals surface area (Å²) in [6.07, 6.45) is -0.0108. The number of carbonyl (C=O) groups excluding carboxylic acids is 5. The number of hydrogen-bond donors (Lipinski definition) is 4. The van der Waals surface area contributed by atoms with E-state index < -0.39 is 68.5 Å². The van der Waals surface area contributed by atoms with Crippen LogP contribution >= 0.6 is 0 Å². The Morgan fingerprint density at radius 1 is 0.955 bits per heavy atom. The third kappa shape index (κ3) is 3.53. The van der Waals surface area contributed by atoms with Crippen LogP contribution < -0.4 is 0 Å². The summed E-state index contributed by atoms with van der Waals surface area (Å²) in [6.45, 7) is 7.94. The first-order chi connectivity index (χ1) is 20.5. The Balaban J connectivity index is 1.48. The van der Waals surface area contributed by atoms with Gasteiger partial charge in [0.25, 0.3) is 0 Å². The number of ketones is 5. The quantitative estimate of drug-likeness (QED) is 0.291. The maximum Gasteiger partial charge on any atom is 0.209 e. The van der Waals surface area contributed by atoms with E-state index in [1.807, 2.05) is 0 Å². The van der Waals surface area contributed by atoms with Gasteiger partial charge in [0.1, 0.15) is 22.8 Å². The van der Waals surface area contributed by atoms with Crippen molar-refractivity contribution < 1.29 is 44.4 Å². The molecule has 0 aromatic heterocycles. The summed E-state index contributed by atoms with van der Waals surface area (Å²) >= 11 is 0. The van der Waals surface area contributed by atoms with Gasteiger partial charge in [0.2, 0.25) is 5.78 Å². The minimum Gasteiger partial charge on any atom is -0.511 e. The lowest BCUT2D eigenvalue weighted by Gasteiger charge is -2.59. The van der Waals surface area contributed by atoms with Crippen LogP contribution in [0.1, 0.15) is 83.2 Å². The number of aromatic hydroxyl groups is 1. The maximum atomic E-state index is 14.2. The molecule has 228 valence electrons. The molecular weight excluding hydrogens is 564 g/mol. The van der Waals surface area contributed by atoms with Gasteiger partial charge in [-0.15, -0.1) is 0 Å². The minimum absolute atomic E-state index is 0.00322. The Hall–Kier alpha value is -4.37. The number of phenols is 1. The third-order valence-corrected chi connectivity index (χ3v) is 10.5. The summed E-state index contributed by atoms with van der Waals surface area (Å²) in [7, 11) is 0. The Labute approximate surface area is 253 Å². The fourth-order valence-electron chi connectivity index (χ4n) is 8.74. The molecule has 0 aliphatic heterocycles. The van der Waals surface area contributed by atoms with Gasteiger partial charge in [-0.1, -0.05) is 64.1 Å². The van der Waals surface area contributed by atoms with E-state index in [4.69, 9.17) is 0 Å². The highest BCUT2D eigenvalue weighted by molar-refractivity contribution is 6.27. The Bertz CT molecular complexity index is 1770. The average molecular weight is 599 g/mol. The summed E-state index contributed by atoms with van der Waals surface area (Å²) in [6, 6.07) is 9.72.